The molecule has 1 atom stereocenters. The first kappa shape index (κ1) is 21.2. The van der Waals surface area contributed by atoms with E-state index in [-0.39, 0.29) is 17.0 Å². The fourth-order valence-corrected chi connectivity index (χ4v) is 4.55. The minimum Gasteiger partial charge on any atom is -0.463 e. The van der Waals surface area contributed by atoms with E-state index in [1.165, 1.54) is 11.8 Å². The number of allylic oxidation sites excluding steroid dienone is 1. The van der Waals surface area contributed by atoms with E-state index >= 15 is 0 Å². The van der Waals surface area contributed by atoms with Crippen LogP contribution in [-0.2, 0) is 14.3 Å². The standard InChI is InChI=1S/C24H27NO3S/c1-5-19-20(24(27)29-7-3)15(4)25-22(21(19)23(26)28-6-2)18-13-12-16-10-8-9-11-17(16)14-18/h8-14,19,25H,5-7H2,1-4H3. The lowest BCUT2D eigenvalue weighted by molar-refractivity contribution is -0.139. The number of carbonyl (C=O) groups excluding carboxylic acids is 2. The van der Waals surface area contributed by atoms with Gasteiger partial charge in [0, 0.05) is 17.2 Å². The number of fused-ring (bicyclic) bond motifs is 1. The Morgan fingerprint density at radius 3 is 2.41 bits per heavy atom. The van der Waals surface area contributed by atoms with E-state index in [9.17, 15) is 9.59 Å². The summed E-state index contributed by atoms with van der Waals surface area (Å²) in [7, 11) is 0. The van der Waals surface area contributed by atoms with Crippen LogP contribution in [0.25, 0.3) is 16.5 Å². The molecule has 29 heavy (non-hydrogen) atoms. The van der Waals surface area contributed by atoms with Gasteiger partial charge in [0.2, 0.25) is 5.12 Å². The van der Waals surface area contributed by atoms with Crippen LogP contribution in [0.3, 0.4) is 0 Å². The molecule has 0 saturated carbocycles. The predicted octanol–water partition coefficient (Wildman–Crippen LogP) is 5.30. The SMILES string of the molecule is CCOC(=O)C1=C(c2ccc3ccccc3c2)NC(C)=C(C(=O)SCC)C1CC. The highest BCUT2D eigenvalue weighted by molar-refractivity contribution is 8.14. The zero-order chi connectivity index (χ0) is 21.0. The molecule has 3 rings (SSSR count). The Labute approximate surface area is 176 Å². The summed E-state index contributed by atoms with van der Waals surface area (Å²) in [4.78, 5) is 25.8. The second-order valence-corrected chi connectivity index (χ2v) is 8.15. The van der Waals surface area contributed by atoms with Gasteiger partial charge in [-0.05, 0) is 48.4 Å². The van der Waals surface area contributed by atoms with Crippen LogP contribution in [0, 0.1) is 5.92 Å². The minimum absolute atomic E-state index is 0.0173. The Kier molecular flexibility index (Phi) is 6.80. The summed E-state index contributed by atoms with van der Waals surface area (Å²) in [6.45, 7) is 7.96. The van der Waals surface area contributed by atoms with Crippen LogP contribution < -0.4 is 5.32 Å². The van der Waals surface area contributed by atoms with Gasteiger partial charge < -0.3 is 10.1 Å². The molecule has 1 aliphatic rings. The molecule has 0 spiro atoms. The lowest BCUT2D eigenvalue weighted by Crippen LogP contribution is -2.32. The normalized spacial score (nSPS) is 16.8. The molecule has 2 aromatic carbocycles. The molecule has 0 radical (unpaired) electrons. The van der Waals surface area contributed by atoms with E-state index in [4.69, 9.17) is 4.74 Å². The van der Waals surface area contributed by atoms with Crippen LogP contribution in [0.1, 0.15) is 39.7 Å². The first-order valence-electron chi connectivity index (χ1n) is 10.1. The summed E-state index contributed by atoms with van der Waals surface area (Å²) < 4.78 is 5.40. The minimum atomic E-state index is -0.366. The van der Waals surface area contributed by atoms with Crippen LogP contribution in [0.15, 0.2) is 59.3 Å². The Morgan fingerprint density at radius 1 is 1.03 bits per heavy atom. The van der Waals surface area contributed by atoms with Gasteiger partial charge in [0.15, 0.2) is 0 Å². The highest BCUT2D eigenvalue weighted by atomic mass is 32.2. The zero-order valence-electron chi connectivity index (χ0n) is 17.4. The molecule has 5 heteroatoms. The highest BCUT2D eigenvalue weighted by Crippen LogP contribution is 2.39. The Balaban J connectivity index is 2.17. The maximum Gasteiger partial charge on any atom is 0.336 e. The molecule has 1 N–H and O–H groups in total. The van der Waals surface area contributed by atoms with E-state index in [1.807, 2.05) is 39.0 Å². The second kappa shape index (κ2) is 9.31. The topological polar surface area (TPSA) is 55.4 Å². The van der Waals surface area contributed by atoms with E-state index in [0.29, 0.717) is 29.9 Å². The molecule has 1 aliphatic heterocycles. The molecule has 152 valence electrons. The van der Waals surface area contributed by atoms with Crippen LogP contribution in [-0.4, -0.2) is 23.4 Å². The second-order valence-electron chi connectivity index (χ2n) is 6.92. The summed E-state index contributed by atoms with van der Waals surface area (Å²) in [5.74, 6) is 0.0415. The number of thioether (sulfide) groups is 1. The number of ether oxygens (including phenoxy) is 1. The van der Waals surface area contributed by atoms with E-state index in [0.717, 1.165) is 27.7 Å². The van der Waals surface area contributed by atoms with Gasteiger partial charge >= 0.3 is 5.97 Å². The predicted molar refractivity (Wildman–Crippen MR) is 120 cm³/mol. The zero-order valence-corrected chi connectivity index (χ0v) is 18.2. The van der Waals surface area contributed by atoms with Gasteiger partial charge in [0.1, 0.15) is 0 Å². The fraction of sp³-hybridized carbons (Fsp3) is 0.333. The Hall–Kier alpha value is -2.53. The lowest BCUT2D eigenvalue weighted by atomic mass is 9.82. The number of nitrogens with one attached hydrogen (secondary N) is 1. The number of carbonyl (C=O) groups is 2. The molecule has 0 aliphatic carbocycles. The molecule has 1 heterocycles. The van der Waals surface area contributed by atoms with Crippen molar-refractivity contribution in [2.45, 2.75) is 34.1 Å². The molecule has 0 saturated heterocycles. The number of hydrogen-bond acceptors (Lipinski definition) is 5. The molecule has 4 nitrogen and oxygen atoms in total. The van der Waals surface area contributed by atoms with Gasteiger partial charge in [-0.2, -0.15) is 0 Å². The maximum absolute atomic E-state index is 13.0. The van der Waals surface area contributed by atoms with E-state index in [2.05, 4.69) is 29.6 Å². The third-order valence-corrected chi connectivity index (χ3v) is 5.89. The van der Waals surface area contributed by atoms with E-state index < -0.39 is 0 Å². The number of benzene rings is 2. The van der Waals surface area contributed by atoms with Crippen molar-refractivity contribution in [3.63, 3.8) is 0 Å². The fourth-order valence-electron chi connectivity index (χ4n) is 3.84. The third kappa shape index (κ3) is 4.25. The molecular weight excluding hydrogens is 382 g/mol. The van der Waals surface area contributed by atoms with Gasteiger partial charge in [0.25, 0.3) is 0 Å². The van der Waals surface area contributed by atoms with Crippen molar-refractivity contribution >= 4 is 39.3 Å². The van der Waals surface area contributed by atoms with Crippen LogP contribution in [0.4, 0.5) is 0 Å². The molecule has 0 fully saturated rings. The average molecular weight is 410 g/mol. The first-order valence-corrected chi connectivity index (χ1v) is 11.1. The summed E-state index contributed by atoms with van der Waals surface area (Å²) in [6, 6.07) is 14.3. The summed E-state index contributed by atoms with van der Waals surface area (Å²) in [6.07, 6.45) is 0.648. The summed E-state index contributed by atoms with van der Waals surface area (Å²) in [5, 5.41) is 5.62. The Morgan fingerprint density at radius 2 is 1.76 bits per heavy atom. The molecule has 0 bridgehead atoms. The van der Waals surface area contributed by atoms with Crippen LogP contribution >= 0.6 is 11.8 Å². The molecule has 0 aromatic heterocycles. The quantitative estimate of drug-likeness (QED) is 0.657. The van der Waals surface area contributed by atoms with Crippen molar-refractivity contribution in [2.75, 3.05) is 12.4 Å². The summed E-state index contributed by atoms with van der Waals surface area (Å²) in [5.41, 5.74) is 3.66. The summed E-state index contributed by atoms with van der Waals surface area (Å²) >= 11 is 1.28. The molecule has 0 amide bonds. The van der Waals surface area contributed by atoms with Crippen molar-refractivity contribution in [1.29, 1.82) is 0 Å². The first-order chi connectivity index (χ1) is 14.0. The molecule has 1 unspecified atom stereocenters. The van der Waals surface area contributed by atoms with Crippen molar-refractivity contribution in [2.24, 2.45) is 5.92 Å². The monoisotopic (exact) mass is 409 g/mol. The van der Waals surface area contributed by atoms with Crippen molar-refractivity contribution in [1.82, 2.24) is 5.32 Å². The van der Waals surface area contributed by atoms with Crippen LogP contribution in [0.5, 0.6) is 0 Å². The van der Waals surface area contributed by atoms with Crippen molar-refractivity contribution in [3.05, 3.63) is 64.9 Å². The number of hydrogen-bond donors (Lipinski definition) is 1. The number of rotatable bonds is 6. The smallest absolute Gasteiger partial charge is 0.336 e. The Bertz CT molecular complexity index is 1010. The molecule has 2 aromatic rings. The highest BCUT2D eigenvalue weighted by Gasteiger charge is 2.36. The maximum atomic E-state index is 13.0. The third-order valence-electron chi connectivity index (χ3n) is 5.12. The number of esters is 1. The molecular formula is C24H27NO3S. The van der Waals surface area contributed by atoms with Crippen molar-refractivity contribution < 1.29 is 14.3 Å². The van der Waals surface area contributed by atoms with Gasteiger partial charge in [-0.3, -0.25) is 4.79 Å². The average Bonchev–Trinajstić information content (AvgIpc) is 2.72. The van der Waals surface area contributed by atoms with E-state index in [1.54, 1.807) is 6.92 Å². The number of dihydropyridines is 1. The van der Waals surface area contributed by atoms with Gasteiger partial charge in [-0.1, -0.05) is 62.0 Å². The van der Waals surface area contributed by atoms with Gasteiger partial charge in [0.05, 0.1) is 17.9 Å². The lowest BCUT2D eigenvalue weighted by Gasteiger charge is -2.31. The largest absolute Gasteiger partial charge is 0.463 e. The van der Waals surface area contributed by atoms with Crippen LogP contribution in [0.2, 0.25) is 0 Å². The van der Waals surface area contributed by atoms with Crippen molar-refractivity contribution in [3.8, 4) is 0 Å². The van der Waals surface area contributed by atoms with Gasteiger partial charge in [-0.15, -0.1) is 0 Å². The van der Waals surface area contributed by atoms with Gasteiger partial charge in [-0.25, -0.2) is 4.79 Å².